The van der Waals surface area contributed by atoms with Crippen LogP contribution < -0.4 is 5.32 Å². The zero-order valence-corrected chi connectivity index (χ0v) is 9.71. The first-order valence-electron chi connectivity index (χ1n) is 4.75. The molecule has 16 heavy (non-hydrogen) atoms. The number of hydrogen-bond acceptors (Lipinski definition) is 3. The fourth-order valence-corrected chi connectivity index (χ4v) is 1.79. The molecule has 86 valence electrons. The lowest BCUT2D eigenvalue weighted by Crippen LogP contribution is -2.06. The van der Waals surface area contributed by atoms with Gasteiger partial charge >= 0.3 is 0 Å². The summed E-state index contributed by atoms with van der Waals surface area (Å²) < 4.78 is 31.0. The van der Waals surface area contributed by atoms with Crippen LogP contribution >= 0.6 is 0 Å². The third-order valence-corrected chi connectivity index (χ3v) is 2.80. The van der Waals surface area contributed by atoms with Crippen molar-refractivity contribution in [3.63, 3.8) is 0 Å². The maximum Gasteiger partial charge on any atom is 0.295 e. The quantitative estimate of drug-likeness (QED) is 0.467. The average Bonchev–Trinajstić information content (AvgIpc) is 2.24. The number of rotatable bonds is 3. The van der Waals surface area contributed by atoms with Crippen LogP contribution in [0.4, 0.5) is 0 Å². The van der Waals surface area contributed by atoms with Gasteiger partial charge in [0.25, 0.3) is 10.1 Å². The van der Waals surface area contributed by atoms with Crippen LogP contribution in [0.3, 0.4) is 0 Å². The Bertz CT molecular complexity index is 512. The maximum atomic E-state index is 11.0. The van der Waals surface area contributed by atoms with Crippen LogP contribution in [-0.4, -0.2) is 26.6 Å². The molecule has 0 unspecified atom stereocenters. The Hall–Kier alpha value is -1.35. The molecule has 0 saturated carbocycles. The lowest BCUT2D eigenvalue weighted by atomic mass is 10.2. The topological polar surface area (TPSA) is 66.4 Å². The van der Waals surface area contributed by atoms with E-state index in [1.54, 1.807) is 18.2 Å². The van der Waals surface area contributed by atoms with Crippen molar-refractivity contribution >= 4 is 10.1 Å². The van der Waals surface area contributed by atoms with Gasteiger partial charge < -0.3 is 5.32 Å². The minimum atomic E-state index is -4.19. The Morgan fingerprint density at radius 3 is 2.69 bits per heavy atom. The van der Waals surface area contributed by atoms with E-state index in [0.29, 0.717) is 12.0 Å². The Balaban J connectivity index is 3.00. The largest absolute Gasteiger partial charge is 0.319 e. The van der Waals surface area contributed by atoms with E-state index in [4.69, 9.17) is 4.55 Å². The van der Waals surface area contributed by atoms with Crippen LogP contribution in [-0.2, 0) is 10.1 Å². The molecular weight excluding hydrogens is 226 g/mol. The van der Waals surface area contributed by atoms with Crippen molar-refractivity contribution < 1.29 is 13.0 Å². The van der Waals surface area contributed by atoms with Crippen molar-refractivity contribution in [2.45, 2.75) is 11.3 Å². The molecular formula is C11H13NO3S. The molecule has 1 aromatic carbocycles. The van der Waals surface area contributed by atoms with Gasteiger partial charge in [0, 0.05) is 18.5 Å². The first kappa shape index (κ1) is 12.7. The lowest BCUT2D eigenvalue weighted by Gasteiger charge is -1.99. The van der Waals surface area contributed by atoms with Crippen LogP contribution in [0, 0.1) is 11.8 Å². The second kappa shape index (κ2) is 5.66. The van der Waals surface area contributed by atoms with E-state index in [1.165, 1.54) is 6.07 Å². The van der Waals surface area contributed by atoms with Gasteiger partial charge in [0.05, 0.1) is 0 Å². The molecule has 4 nitrogen and oxygen atoms in total. The van der Waals surface area contributed by atoms with Crippen molar-refractivity contribution in [3.05, 3.63) is 29.8 Å². The zero-order chi connectivity index (χ0) is 12.0. The zero-order valence-electron chi connectivity index (χ0n) is 8.90. The van der Waals surface area contributed by atoms with Crippen LogP contribution in [0.2, 0.25) is 0 Å². The van der Waals surface area contributed by atoms with Gasteiger partial charge in [-0.05, 0) is 19.2 Å². The number of hydrogen-bond donors (Lipinski definition) is 2. The SMILES string of the molecule is CNCCC#Cc1ccccc1S(=O)(=O)O. The molecule has 0 bridgehead atoms. The van der Waals surface area contributed by atoms with Crippen LogP contribution in [0.5, 0.6) is 0 Å². The van der Waals surface area contributed by atoms with Gasteiger partial charge in [0.2, 0.25) is 0 Å². The summed E-state index contributed by atoms with van der Waals surface area (Å²) in [6, 6.07) is 6.12. The summed E-state index contributed by atoms with van der Waals surface area (Å²) in [5.41, 5.74) is 0.320. The summed E-state index contributed by atoms with van der Waals surface area (Å²) >= 11 is 0. The third-order valence-electron chi connectivity index (χ3n) is 1.89. The molecule has 0 amide bonds. The second-order valence-electron chi connectivity index (χ2n) is 3.13. The molecule has 1 rings (SSSR count). The summed E-state index contributed by atoms with van der Waals surface area (Å²) in [6.45, 7) is 0.737. The highest BCUT2D eigenvalue weighted by molar-refractivity contribution is 7.85. The molecule has 0 aliphatic rings. The maximum absolute atomic E-state index is 11.0. The summed E-state index contributed by atoms with van der Waals surface area (Å²) in [5.74, 6) is 5.55. The second-order valence-corrected chi connectivity index (χ2v) is 4.52. The van der Waals surface area contributed by atoms with Crippen LogP contribution in [0.15, 0.2) is 29.2 Å². The Kier molecular flexibility index (Phi) is 4.50. The van der Waals surface area contributed by atoms with E-state index in [1.807, 2.05) is 7.05 Å². The van der Waals surface area contributed by atoms with Gasteiger partial charge in [-0.15, -0.1) is 0 Å². The van der Waals surface area contributed by atoms with Gasteiger partial charge in [-0.2, -0.15) is 8.42 Å². The summed E-state index contributed by atoms with van der Waals surface area (Å²) in [5, 5.41) is 2.93. The van der Waals surface area contributed by atoms with Crippen molar-refractivity contribution in [1.29, 1.82) is 0 Å². The van der Waals surface area contributed by atoms with Crippen molar-refractivity contribution in [3.8, 4) is 11.8 Å². The Morgan fingerprint density at radius 2 is 2.06 bits per heavy atom. The average molecular weight is 239 g/mol. The van der Waals surface area contributed by atoms with Crippen LogP contribution in [0.25, 0.3) is 0 Å². The molecule has 0 spiro atoms. The molecule has 2 N–H and O–H groups in total. The molecule has 0 heterocycles. The molecule has 0 atom stereocenters. The van der Waals surface area contributed by atoms with E-state index in [0.717, 1.165) is 6.54 Å². The van der Waals surface area contributed by atoms with Gasteiger partial charge in [0.15, 0.2) is 0 Å². The first-order valence-corrected chi connectivity index (χ1v) is 6.19. The van der Waals surface area contributed by atoms with Crippen LogP contribution in [0.1, 0.15) is 12.0 Å². The standard InChI is InChI=1S/C11H13NO3S/c1-12-9-5-4-7-10-6-2-3-8-11(10)16(13,14)15/h2-3,6,8,12H,5,9H2,1H3,(H,13,14,15). The van der Waals surface area contributed by atoms with E-state index in [2.05, 4.69) is 17.2 Å². The predicted octanol–water partition coefficient (Wildman–Crippen LogP) is 0.894. The highest BCUT2D eigenvalue weighted by Crippen LogP contribution is 2.13. The van der Waals surface area contributed by atoms with E-state index >= 15 is 0 Å². The molecule has 0 fully saturated rings. The lowest BCUT2D eigenvalue weighted by molar-refractivity contribution is 0.483. The van der Waals surface area contributed by atoms with Gasteiger partial charge in [0.1, 0.15) is 4.90 Å². The van der Waals surface area contributed by atoms with Crippen molar-refractivity contribution in [2.24, 2.45) is 0 Å². The number of nitrogens with one attached hydrogen (secondary N) is 1. The Labute approximate surface area is 95.4 Å². The van der Waals surface area contributed by atoms with Gasteiger partial charge in [-0.25, -0.2) is 0 Å². The molecule has 0 radical (unpaired) electrons. The smallest absolute Gasteiger partial charge is 0.295 e. The fraction of sp³-hybridized carbons (Fsp3) is 0.273. The van der Waals surface area contributed by atoms with Gasteiger partial charge in [-0.1, -0.05) is 24.0 Å². The summed E-state index contributed by atoms with van der Waals surface area (Å²) in [6.07, 6.45) is 0.621. The third kappa shape index (κ3) is 3.66. The highest BCUT2D eigenvalue weighted by atomic mass is 32.2. The molecule has 5 heteroatoms. The normalized spacial score (nSPS) is 10.6. The highest BCUT2D eigenvalue weighted by Gasteiger charge is 2.12. The van der Waals surface area contributed by atoms with Crippen molar-refractivity contribution in [1.82, 2.24) is 5.32 Å². The molecule has 0 saturated heterocycles. The minimum absolute atomic E-state index is 0.146. The van der Waals surface area contributed by atoms with E-state index < -0.39 is 10.1 Å². The molecule has 0 aromatic heterocycles. The molecule has 1 aromatic rings. The van der Waals surface area contributed by atoms with Gasteiger partial charge in [-0.3, -0.25) is 4.55 Å². The summed E-state index contributed by atoms with van der Waals surface area (Å²) in [4.78, 5) is -0.146. The fourth-order valence-electron chi connectivity index (χ4n) is 1.14. The predicted molar refractivity (Wildman–Crippen MR) is 61.7 cm³/mol. The first-order chi connectivity index (χ1) is 7.55. The number of benzene rings is 1. The van der Waals surface area contributed by atoms with E-state index in [-0.39, 0.29) is 4.90 Å². The summed E-state index contributed by atoms with van der Waals surface area (Å²) in [7, 11) is -2.38. The molecule has 0 aliphatic carbocycles. The molecule has 0 aliphatic heterocycles. The van der Waals surface area contributed by atoms with Crippen molar-refractivity contribution in [2.75, 3.05) is 13.6 Å². The monoisotopic (exact) mass is 239 g/mol. The minimum Gasteiger partial charge on any atom is -0.319 e. The Morgan fingerprint density at radius 1 is 1.38 bits per heavy atom. The van der Waals surface area contributed by atoms with E-state index in [9.17, 15) is 8.42 Å².